The van der Waals surface area contributed by atoms with Gasteiger partial charge in [0.1, 0.15) is 13.2 Å². The second-order valence-corrected chi connectivity index (χ2v) is 23.1. The summed E-state index contributed by atoms with van der Waals surface area (Å²) >= 11 is 0. The number of nitrogens with zero attached hydrogens (tertiary/aromatic N) is 1. The minimum atomic E-state index is -4.38. The van der Waals surface area contributed by atoms with Gasteiger partial charge in [0.15, 0.2) is 0 Å². The highest BCUT2D eigenvalue weighted by atomic mass is 31.2. The fraction of sp³-hybridized carbons (Fsp3) is 0.687. The first-order chi connectivity index (χ1) is 37.0. The van der Waals surface area contributed by atoms with Crippen LogP contribution in [0, 0.1) is 0 Å². The Bertz CT molecular complexity index is 1650. The largest absolute Gasteiger partial charge is 0.472 e. The van der Waals surface area contributed by atoms with E-state index in [1.807, 2.05) is 27.2 Å². The van der Waals surface area contributed by atoms with E-state index < -0.39 is 20.0 Å². The molecule has 0 fully saturated rings. The monoisotopic (exact) mass is 1080 g/mol. The summed E-state index contributed by atoms with van der Waals surface area (Å²) in [5, 5.41) is 13.9. The van der Waals surface area contributed by atoms with E-state index >= 15 is 0 Å². The fourth-order valence-corrected chi connectivity index (χ4v) is 9.10. The van der Waals surface area contributed by atoms with E-state index in [-0.39, 0.29) is 25.5 Å². The quantitative estimate of drug-likeness (QED) is 0.0243. The molecule has 0 aromatic carbocycles. The second-order valence-electron chi connectivity index (χ2n) is 21.7. The SMILES string of the molecule is CC/C=C\C/C=C\C/C=C\C/C=C\C/C=C\C/C=C\C/C=C\C/C=C\CCCCC(=O)NC(COP(=O)(O)OCC[N+](C)(C)C)C(O)/C=C/CC/C=C/CCCCCCCCCCCCCCCCCCCCCCC. The molecule has 9 heteroatoms. The van der Waals surface area contributed by atoms with Crippen LogP contribution in [0.25, 0.3) is 0 Å². The molecule has 0 aliphatic rings. The van der Waals surface area contributed by atoms with E-state index in [0.717, 1.165) is 83.5 Å². The molecular formula is C67H118N2O6P+. The number of carbonyl (C=O) groups is 1. The highest BCUT2D eigenvalue weighted by Crippen LogP contribution is 2.43. The molecule has 1 amide bonds. The van der Waals surface area contributed by atoms with Crippen molar-refractivity contribution in [2.45, 2.75) is 257 Å². The van der Waals surface area contributed by atoms with Crippen molar-refractivity contribution in [2.75, 3.05) is 40.9 Å². The van der Waals surface area contributed by atoms with E-state index in [0.29, 0.717) is 17.4 Å². The van der Waals surface area contributed by atoms with E-state index in [4.69, 9.17) is 9.05 Å². The Morgan fingerprint density at radius 3 is 1.21 bits per heavy atom. The summed E-state index contributed by atoms with van der Waals surface area (Å²) in [5.41, 5.74) is 0. The number of hydrogen-bond donors (Lipinski definition) is 3. The van der Waals surface area contributed by atoms with E-state index in [2.05, 4.69) is 129 Å². The molecule has 0 aliphatic heterocycles. The summed E-state index contributed by atoms with van der Waals surface area (Å²) in [6, 6.07) is -0.898. The van der Waals surface area contributed by atoms with Crippen LogP contribution in [0.4, 0.5) is 0 Å². The molecule has 3 atom stereocenters. The van der Waals surface area contributed by atoms with Gasteiger partial charge in [0.2, 0.25) is 5.91 Å². The lowest BCUT2D eigenvalue weighted by Gasteiger charge is -2.25. The van der Waals surface area contributed by atoms with Gasteiger partial charge in [-0.25, -0.2) is 4.57 Å². The third-order valence-corrected chi connectivity index (χ3v) is 14.1. The van der Waals surface area contributed by atoms with Crippen molar-refractivity contribution in [3.63, 3.8) is 0 Å². The molecule has 0 aromatic rings. The molecule has 3 N–H and O–H groups in total. The number of aliphatic hydroxyl groups excluding tert-OH is 1. The van der Waals surface area contributed by atoms with Crippen LogP contribution < -0.4 is 5.32 Å². The highest BCUT2D eigenvalue weighted by molar-refractivity contribution is 7.47. The number of aliphatic hydroxyl groups is 1. The predicted molar refractivity (Wildman–Crippen MR) is 332 cm³/mol. The maximum atomic E-state index is 13.0. The molecule has 436 valence electrons. The Balaban J connectivity index is 4.34. The van der Waals surface area contributed by atoms with Crippen LogP contribution in [0.1, 0.15) is 245 Å². The number of amides is 1. The first kappa shape index (κ1) is 72.9. The molecule has 0 radical (unpaired) electrons. The van der Waals surface area contributed by atoms with Gasteiger partial charge in [0.05, 0.1) is 39.9 Å². The second kappa shape index (κ2) is 56.6. The fourth-order valence-electron chi connectivity index (χ4n) is 8.37. The van der Waals surface area contributed by atoms with Crippen LogP contribution in [-0.4, -0.2) is 73.4 Å². The average molecular weight is 1080 g/mol. The van der Waals surface area contributed by atoms with Crippen molar-refractivity contribution in [1.29, 1.82) is 0 Å². The number of nitrogens with one attached hydrogen (secondary N) is 1. The number of phosphoric ester groups is 1. The van der Waals surface area contributed by atoms with Gasteiger partial charge in [-0.1, -0.05) is 264 Å². The minimum absolute atomic E-state index is 0.0406. The Hall–Kier alpha value is -3.10. The number of allylic oxidation sites excluding steroid dienone is 19. The number of carbonyl (C=O) groups excluding carboxylic acids is 1. The molecule has 0 aromatic heterocycles. The van der Waals surface area contributed by atoms with Crippen LogP contribution in [0.5, 0.6) is 0 Å². The highest BCUT2D eigenvalue weighted by Gasteiger charge is 2.27. The third-order valence-electron chi connectivity index (χ3n) is 13.2. The van der Waals surface area contributed by atoms with Crippen LogP contribution in [-0.2, 0) is 18.4 Å². The molecule has 0 bridgehead atoms. The van der Waals surface area contributed by atoms with Gasteiger partial charge in [-0.05, 0) is 96.3 Å². The first-order valence-corrected chi connectivity index (χ1v) is 32.4. The first-order valence-electron chi connectivity index (χ1n) is 30.9. The summed E-state index contributed by atoms with van der Waals surface area (Å²) in [6.45, 7) is 4.65. The lowest BCUT2D eigenvalue weighted by Crippen LogP contribution is -2.45. The predicted octanol–water partition coefficient (Wildman–Crippen LogP) is 19.3. The van der Waals surface area contributed by atoms with Crippen molar-refractivity contribution in [2.24, 2.45) is 0 Å². The molecule has 0 rings (SSSR count). The zero-order valence-electron chi connectivity index (χ0n) is 49.7. The van der Waals surface area contributed by atoms with Crippen LogP contribution in [0.3, 0.4) is 0 Å². The summed E-state index contributed by atoms with van der Waals surface area (Å²) in [6.07, 6.45) is 84.7. The van der Waals surface area contributed by atoms with Gasteiger partial charge in [-0.2, -0.15) is 0 Å². The van der Waals surface area contributed by atoms with Gasteiger partial charge in [-0.3, -0.25) is 13.8 Å². The van der Waals surface area contributed by atoms with Crippen molar-refractivity contribution in [3.8, 4) is 0 Å². The standard InChI is InChI=1S/C67H117N2O6P/c1-6-8-10-12-14-16-18-20-22-24-26-28-30-32-34-36-38-40-42-44-46-48-50-52-54-56-58-60-66(70)65(64-75-76(72,73)74-63-62-69(3,4)5)68-67(71)61-59-57-55-53-51-49-47-45-43-41-39-37-35-33-31-29-27-25-23-21-19-17-15-13-11-9-7-2/h9,11,15,17,21,23,27,29,33,35,39,41,45,47,50-53,58,60,65-66,70H,6-8,10,12-14,16,18-20,22,24-26,28,30-32,34,36-38,40,42-44,46,48-49,54-57,59,61-64H2,1-5H3,(H-,68,71,72,73)/p+1/b11-9-,17-15-,23-21-,29-27-,35-33-,41-39-,47-45-,52-50+,53-51-,60-58+. The maximum absolute atomic E-state index is 13.0. The molecule has 0 saturated carbocycles. The summed E-state index contributed by atoms with van der Waals surface area (Å²) in [7, 11) is 1.51. The third kappa shape index (κ3) is 58.6. The number of quaternary nitrogens is 1. The minimum Gasteiger partial charge on any atom is -0.387 e. The van der Waals surface area contributed by atoms with Crippen molar-refractivity contribution in [3.05, 3.63) is 122 Å². The summed E-state index contributed by atoms with van der Waals surface area (Å²) in [5.74, 6) is -0.232. The van der Waals surface area contributed by atoms with E-state index in [1.54, 1.807) is 6.08 Å². The zero-order valence-corrected chi connectivity index (χ0v) is 50.6. The Kier molecular flexibility index (Phi) is 54.3. The van der Waals surface area contributed by atoms with E-state index in [9.17, 15) is 19.4 Å². The smallest absolute Gasteiger partial charge is 0.387 e. The van der Waals surface area contributed by atoms with Gasteiger partial charge in [0.25, 0.3) is 0 Å². The topological polar surface area (TPSA) is 105 Å². The van der Waals surface area contributed by atoms with Crippen LogP contribution in [0.15, 0.2) is 122 Å². The van der Waals surface area contributed by atoms with Crippen molar-refractivity contribution >= 4 is 13.7 Å². The molecule has 0 aliphatic carbocycles. The molecule has 8 nitrogen and oxygen atoms in total. The molecular weight excluding hydrogens is 960 g/mol. The Morgan fingerprint density at radius 2 is 0.803 bits per heavy atom. The van der Waals surface area contributed by atoms with Crippen LogP contribution >= 0.6 is 7.82 Å². The van der Waals surface area contributed by atoms with Gasteiger partial charge in [-0.15, -0.1) is 0 Å². The number of likely N-dealkylation sites (N-methyl/N-ethyl adjacent to an activating group) is 1. The lowest BCUT2D eigenvalue weighted by atomic mass is 10.0. The van der Waals surface area contributed by atoms with Crippen LogP contribution in [0.2, 0.25) is 0 Å². The van der Waals surface area contributed by atoms with Gasteiger partial charge in [0, 0.05) is 6.42 Å². The van der Waals surface area contributed by atoms with Gasteiger partial charge >= 0.3 is 7.82 Å². The van der Waals surface area contributed by atoms with Crippen molar-refractivity contribution in [1.82, 2.24) is 5.32 Å². The molecule has 3 unspecified atom stereocenters. The normalized spacial score (nSPS) is 14.7. The lowest BCUT2D eigenvalue weighted by molar-refractivity contribution is -0.870. The van der Waals surface area contributed by atoms with E-state index in [1.165, 1.54) is 135 Å². The molecule has 0 spiro atoms. The average Bonchev–Trinajstić information content (AvgIpc) is 3.38. The summed E-state index contributed by atoms with van der Waals surface area (Å²) in [4.78, 5) is 23.3. The number of hydrogen-bond acceptors (Lipinski definition) is 5. The maximum Gasteiger partial charge on any atom is 0.472 e. The van der Waals surface area contributed by atoms with Gasteiger partial charge < -0.3 is 19.8 Å². The van der Waals surface area contributed by atoms with Crippen molar-refractivity contribution < 1.29 is 32.9 Å². The Morgan fingerprint density at radius 1 is 0.461 bits per heavy atom. The number of phosphoric acid groups is 1. The molecule has 0 heterocycles. The molecule has 76 heavy (non-hydrogen) atoms. The Labute approximate surface area is 469 Å². The zero-order chi connectivity index (χ0) is 55.6. The number of unbranched alkanes of at least 4 members (excludes halogenated alkanes) is 24. The summed E-state index contributed by atoms with van der Waals surface area (Å²) < 4.78 is 23.7. The molecule has 0 saturated heterocycles. The number of rotatable bonds is 55.